The van der Waals surface area contributed by atoms with E-state index >= 15 is 0 Å². The molecule has 2 aromatic carbocycles. The molecule has 0 fully saturated rings. The van der Waals surface area contributed by atoms with Gasteiger partial charge in [-0.1, -0.05) is 6.07 Å². The van der Waals surface area contributed by atoms with Crippen LogP contribution in [-0.4, -0.2) is 29.9 Å². The van der Waals surface area contributed by atoms with Crippen LogP contribution < -0.4 is 15.0 Å². The molecule has 0 aliphatic carbocycles. The number of nitrogens with zero attached hydrogens (tertiary/aromatic N) is 2. The topological polar surface area (TPSA) is 71.5 Å². The number of likely N-dealkylation sites (N-methyl/N-ethyl adjacent to an activating group) is 1. The Morgan fingerprint density at radius 1 is 1.17 bits per heavy atom. The summed E-state index contributed by atoms with van der Waals surface area (Å²) in [6.45, 7) is 5.73. The van der Waals surface area contributed by atoms with Crippen molar-refractivity contribution in [3.8, 4) is 17.0 Å². The quantitative estimate of drug-likeness (QED) is 0.698. The van der Waals surface area contributed by atoms with Crippen LogP contribution in [0.1, 0.15) is 28.4 Å². The van der Waals surface area contributed by atoms with Gasteiger partial charge in [0.1, 0.15) is 5.75 Å². The van der Waals surface area contributed by atoms with Crippen LogP contribution in [-0.2, 0) is 4.79 Å². The molecule has 1 atom stereocenters. The summed E-state index contributed by atoms with van der Waals surface area (Å²) in [6, 6.07) is 11.2. The molecule has 1 aromatic heterocycles. The normalized spacial score (nSPS) is 15.7. The van der Waals surface area contributed by atoms with E-state index in [0.717, 1.165) is 22.4 Å². The lowest BCUT2D eigenvalue weighted by Gasteiger charge is -2.30. The molecule has 2 heterocycles. The first-order valence-corrected chi connectivity index (χ1v) is 10.1. The minimum absolute atomic E-state index is 0.0886. The second kappa shape index (κ2) is 7.33. The van der Waals surface area contributed by atoms with Crippen LogP contribution in [0.5, 0.6) is 5.75 Å². The van der Waals surface area contributed by atoms with Gasteiger partial charge in [-0.2, -0.15) is 0 Å². The van der Waals surface area contributed by atoms with Gasteiger partial charge in [0.2, 0.25) is 0 Å². The van der Waals surface area contributed by atoms with Crippen LogP contribution in [0.4, 0.5) is 10.8 Å². The summed E-state index contributed by atoms with van der Waals surface area (Å²) in [4.78, 5) is 30.8. The van der Waals surface area contributed by atoms with E-state index < -0.39 is 6.10 Å². The molecule has 0 spiro atoms. The van der Waals surface area contributed by atoms with E-state index in [2.05, 4.69) is 10.3 Å². The maximum absolute atomic E-state index is 12.5. The number of carbonyl (C=O) groups is 2. The van der Waals surface area contributed by atoms with Crippen LogP contribution >= 0.6 is 11.3 Å². The first-order chi connectivity index (χ1) is 13.8. The van der Waals surface area contributed by atoms with Gasteiger partial charge in [0.15, 0.2) is 11.2 Å². The van der Waals surface area contributed by atoms with Crippen molar-refractivity contribution in [2.45, 2.75) is 26.9 Å². The monoisotopic (exact) mass is 407 g/mol. The van der Waals surface area contributed by atoms with Crippen LogP contribution in [0, 0.1) is 13.8 Å². The lowest BCUT2D eigenvalue weighted by molar-refractivity contribution is -0.125. The Morgan fingerprint density at radius 2 is 1.97 bits per heavy atom. The lowest BCUT2D eigenvalue weighted by atomic mass is 10.1. The number of aryl methyl sites for hydroxylation is 2. The zero-order chi connectivity index (χ0) is 20.7. The van der Waals surface area contributed by atoms with Gasteiger partial charge in [-0.05, 0) is 62.2 Å². The van der Waals surface area contributed by atoms with E-state index in [9.17, 15) is 9.59 Å². The Balaban J connectivity index is 1.56. The second-order valence-corrected chi connectivity index (χ2v) is 7.99. The van der Waals surface area contributed by atoms with Gasteiger partial charge in [0, 0.05) is 23.6 Å². The third kappa shape index (κ3) is 3.61. The van der Waals surface area contributed by atoms with Crippen molar-refractivity contribution in [1.29, 1.82) is 0 Å². The predicted octanol–water partition coefficient (Wildman–Crippen LogP) is 4.42. The number of hydrogen-bond donors (Lipinski definition) is 1. The fraction of sp³-hybridized carbons (Fsp3) is 0.227. The molecule has 1 N–H and O–H groups in total. The highest BCUT2D eigenvalue weighted by Gasteiger charge is 2.29. The standard InChI is InChI=1S/C22H21N3O3S/c1-12-5-6-16(9-13(12)2)20(26)24-22-23-17(11-29-22)15-7-8-19-18(10-15)25(4)21(27)14(3)28-19/h5-11,14H,1-4H3,(H,23,24,26). The second-order valence-electron chi connectivity index (χ2n) is 7.13. The van der Waals surface area contributed by atoms with E-state index in [-0.39, 0.29) is 11.8 Å². The number of rotatable bonds is 3. The fourth-order valence-corrected chi connectivity index (χ4v) is 3.90. The maximum Gasteiger partial charge on any atom is 0.267 e. The number of ether oxygens (including phenoxy) is 1. The molecular weight excluding hydrogens is 386 g/mol. The molecule has 1 aliphatic rings. The minimum atomic E-state index is -0.496. The van der Waals surface area contributed by atoms with Crippen LogP contribution in [0.15, 0.2) is 41.8 Å². The van der Waals surface area contributed by atoms with Crippen LogP contribution in [0.3, 0.4) is 0 Å². The third-order valence-corrected chi connectivity index (χ3v) is 5.85. The average molecular weight is 407 g/mol. The summed E-state index contributed by atoms with van der Waals surface area (Å²) < 4.78 is 5.66. The summed E-state index contributed by atoms with van der Waals surface area (Å²) >= 11 is 1.36. The van der Waals surface area contributed by atoms with Gasteiger partial charge in [0.05, 0.1) is 11.4 Å². The number of carbonyl (C=O) groups excluding carboxylic acids is 2. The van der Waals surface area contributed by atoms with Gasteiger partial charge in [-0.15, -0.1) is 11.3 Å². The molecule has 6 nitrogen and oxygen atoms in total. The van der Waals surface area contributed by atoms with Crippen molar-refractivity contribution < 1.29 is 14.3 Å². The number of aromatic nitrogens is 1. The SMILES string of the molecule is Cc1ccc(C(=O)Nc2nc(-c3ccc4c(c3)N(C)C(=O)C(C)O4)cs2)cc1C. The van der Waals surface area contributed by atoms with E-state index in [1.807, 2.05) is 55.6 Å². The summed E-state index contributed by atoms with van der Waals surface area (Å²) in [6.07, 6.45) is -0.496. The van der Waals surface area contributed by atoms with Crippen LogP contribution in [0.25, 0.3) is 11.3 Å². The Kier molecular flexibility index (Phi) is 4.84. The largest absolute Gasteiger partial charge is 0.479 e. The third-order valence-electron chi connectivity index (χ3n) is 5.09. The maximum atomic E-state index is 12.5. The summed E-state index contributed by atoms with van der Waals surface area (Å²) in [5, 5.41) is 5.26. The van der Waals surface area contributed by atoms with Crippen LogP contribution in [0.2, 0.25) is 0 Å². The molecule has 0 bridgehead atoms. The highest BCUT2D eigenvalue weighted by molar-refractivity contribution is 7.14. The molecule has 7 heteroatoms. The van der Waals surface area contributed by atoms with Gasteiger partial charge in [0.25, 0.3) is 11.8 Å². The van der Waals surface area contributed by atoms with Gasteiger partial charge >= 0.3 is 0 Å². The number of benzene rings is 2. The van der Waals surface area contributed by atoms with Crippen molar-refractivity contribution in [3.05, 3.63) is 58.5 Å². The Morgan fingerprint density at radius 3 is 2.72 bits per heavy atom. The van der Waals surface area contributed by atoms with Crippen molar-refractivity contribution >= 4 is 34.0 Å². The van der Waals surface area contributed by atoms with Crippen molar-refractivity contribution in [1.82, 2.24) is 4.98 Å². The minimum Gasteiger partial charge on any atom is -0.479 e. The van der Waals surface area contributed by atoms with E-state index in [4.69, 9.17) is 4.74 Å². The zero-order valence-electron chi connectivity index (χ0n) is 16.6. The zero-order valence-corrected chi connectivity index (χ0v) is 17.5. The average Bonchev–Trinajstić information content (AvgIpc) is 3.16. The van der Waals surface area contributed by atoms with Crippen molar-refractivity contribution in [3.63, 3.8) is 0 Å². The van der Waals surface area contributed by atoms with Gasteiger partial charge < -0.3 is 9.64 Å². The van der Waals surface area contributed by atoms with Crippen molar-refractivity contribution in [2.75, 3.05) is 17.3 Å². The fourth-order valence-electron chi connectivity index (χ4n) is 3.19. The highest BCUT2D eigenvalue weighted by atomic mass is 32.1. The molecule has 3 aromatic rings. The molecule has 4 rings (SSSR count). The van der Waals surface area contributed by atoms with Gasteiger partial charge in [-0.25, -0.2) is 4.98 Å². The van der Waals surface area contributed by atoms with Crippen molar-refractivity contribution in [2.24, 2.45) is 0 Å². The first-order valence-electron chi connectivity index (χ1n) is 9.26. The highest BCUT2D eigenvalue weighted by Crippen LogP contribution is 2.37. The summed E-state index contributed by atoms with van der Waals surface area (Å²) in [7, 11) is 1.74. The molecule has 1 unspecified atom stereocenters. The Bertz CT molecular complexity index is 1120. The summed E-state index contributed by atoms with van der Waals surface area (Å²) in [5.74, 6) is 0.392. The smallest absolute Gasteiger partial charge is 0.267 e. The first kappa shape index (κ1) is 19.1. The van der Waals surface area contributed by atoms with Gasteiger partial charge in [-0.3, -0.25) is 14.9 Å². The van der Waals surface area contributed by atoms with E-state index in [1.54, 1.807) is 18.9 Å². The molecule has 29 heavy (non-hydrogen) atoms. The molecule has 0 radical (unpaired) electrons. The number of anilines is 2. The predicted molar refractivity (Wildman–Crippen MR) is 115 cm³/mol. The molecule has 0 saturated carbocycles. The number of nitrogens with one attached hydrogen (secondary N) is 1. The number of amides is 2. The lowest BCUT2D eigenvalue weighted by Crippen LogP contribution is -2.41. The number of thiazole rings is 1. The van der Waals surface area contributed by atoms with E-state index in [1.165, 1.54) is 11.3 Å². The van der Waals surface area contributed by atoms with E-state index in [0.29, 0.717) is 22.1 Å². The Hall–Kier alpha value is -3.19. The molecule has 148 valence electrons. The molecule has 2 amide bonds. The molecular formula is C22H21N3O3S. The molecule has 0 saturated heterocycles. The summed E-state index contributed by atoms with van der Waals surface area (Å²) in [5.41, 5.74) is 5.11. The number of hydrogen-bond acceptors (Lipinski definition) is 5. The molecule has 1 aliphatic heterocycles. The number of fused-ring (bicyclic) bond motifs is 1. The Labute approximate surface area is 173 Å².